The Balaban J connectivity index is 3.17. The Labute approximate surface area is 48.9 Å². The van der Waals surface area contributed by atoms with Gasteiger partial charge < -0.3 is 0 Å². The number of hydrogen-bond acceptors (Lipinski definition) is 0. The molecule has 0 aliphatic rings. The van der Waals surface area contributed by atoms with E-state index in [1.807, 2.05) is 6.92 Å². The highest BCUT2D eigenvalue weighted by molar-refractivity contribution is 4.68. The number of halogens is 2. The molecule has 0 saturated carbocycles. The fourth-order valence-corrected chi connectivity index (χ4v) is 0.457. The minimum absolute atomic E-state index is 0.282. The highest BCUT2D eigenvalue weighted by Gasteiger charge is 2.12. The van der Waals surface area contributed by atoms with Gasteiger partial charge in [0.1, 0.15) is 12.3 Å². The van der Waals surface area contributed by atoms with E-state index < -0.39 is 12.3 Å². The van der Waals surface area contributed by atoms with Crippen LogP contribution in [0.25, 0.3) is 0 Å². The number of hydrogen-bond donors (Lipinski definition) is 0. The lowest BCUT2D eigenvalue weighted by molar-refractivity contribution is 0.191. The van der Waals surface area contributed by atoms with Crippen LogP contribution in [0.2, 0.25) is 0 Å². The second-order valence-electron chi connectivity index (χ2n) is 1.82. The van der Waals surface area contributed by atoms with Crippen molar-refractivity contribution in [3.8, 4) is 0 Å². The van der Waals surface area contributed by atoms with Crippen LogP contribution in [-0.4, -0.2) is 12.3 Å². The molecule has 0 aromatic rings. The lowest BCUT2D eigenvalue weighted by atomic mass is 10.2. The monoisotopic (exact) mass is 121 g/mol. The standard InChI is InChI=1S/C6H11F2/c1-3-4-6(8)5(2)7/h5-6H,2-4H2,1H3. The molecule has 0 fully saturated rings. The lowest BCUT2D eigenvalue weighted by Crippen LogP contribution is -2.12. The van der Waals surface area contributed by atoms with Gasteiger partial charge >= 0.3 is 0 Å². The zero-order valence-electron chi connectivity index (χ0n) is 5.03. The molecule has 1 radical (unpaired) electrons. The molecule has 0 aromatic carbocycles. The van der Waals surface area contributed by atoms with E-state index in [0.29, 0.717) is 6.42 Å². The molecule has 2 heteroatoms. The summed E-state index contributed by atoms with van der Waals surface area (Å²) in [4.78, 5) is 0. The van der Waals surface area contributed by atoms with Crippen molar-refractivity contribution >= 4 is 0 Å². The second-order valence-corrected chi connectivity index (χ2v) is 1.82. The predicted molar refractivity (Wildman–Crippen MR) is 30.1 cm³/mol. The van der Waals surface area contributed by atoms with Crippen molar-refractivity contribution in [1.29, 1.82) is 0 Å². The highest BCUT2D eigenvalue weighted by atomic mass is 19.2. The molecule has 0 nitrogen and oxygen atoms in total. The Morgan fingerprint density at radius 3 is 2.12 bits per heavy atom. The fraction of sp³-hybridized carbons (Fsp3) is 0.833. The maximum atomic E-state index is 12.1. The summed E-state index contributed by atoms with van der Waals surface area (Å²) >= 11 is 0. The Bertz CT molecular complexity index is 52.5. The first kappa shape index (κ1) is 7.86. The molecule has 0 aliphatic carbocycles. The first-order chi connectivity index (χ1) is 3.68. The summed E-state index contributed by atoms with van der Waals surface area (Å²) in [7, 11) is 0. The summed E-state index contributed by atoms with van der Waals surface area (Å²) < 4.78 is 23.9. The van der Waals surface area contributed by atoms with Gasteiger partial charge in [-0.2, -0.15) is 0 Å². The third-order valence-corrected chi connectivity index (χ3v) is 0.957. The Kier molecular flexibility index (Phi) is 3.75. The molecule has 0 aromatic heterocycles. The molecule has 0 N–H and O–H groups in total. The average Bonchev–Trinajstić information content (AvgIpc) is 1.67. The van der Waals surface area contributed by atoms with Gasteiger partial charge in [-0.1, -0.05) is 13.3 Å². The van der Waals surface area contributed by atoms with Crippen LogP contribution in [0.1, 0.15) is 19.8 Å². The van der Waals surface area contributed by atoms with Gasteiger partial charge in [-0.15, -0.1) is 0 Å². The molecule has 8 heavy (non-hydrogen) atoms. The van der Waals surface area contributed by atoms with E-state index in [-0.39, 0.29) is 6.42 Å². The third-order valence-electron chi connectivity index (χ3n) is 0.957. The summed E-state index contributed by atoms with van der Waals surface area (Å²) in [5.41, 5.74) is 0. The Hall–Kier alpha value is -0.140. The van der Waals surface area contributed by atoms with Gasteiger partial charge in [-0.05, 0) is 13.3 Å². The number of alkyl halides is 2. The molecule has 0 saturated heterocycles. The molecule has 0 amide bonds. The van der Waals surface area contributed by atoms with Gasteiger partial charge in [-0.3, -0.25) is 0 Å². The van der Waals surface area contributed by atoms with Crippen LogP contribution in [0.4, 0.5) is 8.78 Å². The summed E-state index contributed by atoms with van der Waals surface area (Å²) in [6.45, 7) is 4.73. The van der Waals surface area contributed by atoms with Crippen LogP contribution in [0.15, 0.2) is 0 Å². The van der Waals surface area contributed by atoms with E-state index >= 15 is 0 Å². The Morgan fingerprint density at radius 1 is 1.50 bits per heavy atom. The molecule has 0 rings (SSSR count). The minimum atomic E-state index is -1.55. The highest BCUT2D eigenvalue weighted by Crippen LogP contribution is 2.08. The zero-order valence-corrected chi connectivity index (χ0v) is 5.03. The van der Waals surface area contributed by atoms with Crippen LogP contribution >= 0.6 is 0 Å². The minimum Gasteiger partial charge on any atom is -0.244 e. The van der Waals surface area contributed by atoms with Crippen LogP contribution < -0.4 is 0 Å². The quantitative estimate of drug-likeness (QED) is 0.537. The van der Waals surface area contributed by atoms with Crippen molar-refractivity contribution in [3.05, 3.63) is 6.92 Å². The molecular weight excluding hydrogens is 110 g/mol. The topological polar surface area (TPSA) is 0 Å². The average molecular weight is 121 g/mol. The molecule has 0 spiro atoms. The van der Waals surface area contributed by atoms with E-state index in [4.69, 9.17) is 0 Å². The van der Waals surface area contributed by atoms with E-state index in [1.54, 1.807) is 0 Å². The molecule has 0 aliphatic heterocycles. The molecule has 0 heterocycles. The maximum absolute atomic E-state index is 12.1. The zero-order chi connectivity index (χ0) is 6.57. The summed E-state index contributed by atoms with van der Waals surface area (Å²) in [5.74, 6) is 0. The van der Waals surface area contributed by atoms with Crippen molar-refractivity contribution in [3.63, 3.8) is 0 Å². The largest absolute Gasteiger partial charge is 0.244 e. The van der Waals surface area contributed by atoms with Gasteiger partial charge in [0.2, 0.25) is 0 Å². The Morgan fingerprint density at radius 2 is 2.00 bits per heavy atom. The van der Waals surface area contributed by atoms with Crippen LogP contribution in [0.3, 0.4) is 0 Å². The van der Waals surface area contributed by atoms with Gasteiger partial charge in [-0.25, -0.2) is 8.78 Å². The van der Waals surface area contributed by atoms with Crippen molar-refractivity contribution in [1.82, 2.24) is 0 Å². The van der Waals surface area contributed by atoms with Crippen LogP contribution in [0.5, 0.6) is 0 Å². The van der Waals surface area contributed by atoms with Crippen LogP contribution in [-0.2, 0) is 0 Å². The summed E-state index contributed by atoms with van der Waals surface area (Å²) in [6, 6.07) is 0. The van der Waals surface area contributed by atoms with E-state index in [0.717, 1.165) is 0 Å². The maximum Gasteiger partial charge on any atom is 0.131 e. The molecule has 2 unspecified atom stereocenters. The molecule has 0 bridgehead atoms. The van der Waals surface area contributed by atoms with Gasteiger partial charge in [0.05, 0.1) is 0 Å². The normalized spacial score (nSPS) is 18.0. The van der Waals surface area contributed by atoms with Crippen molar-refractivity contribution in [2.24, 2.45) is 0 Å². The van der Waals surface area contributed by atoms with Crippen molar-refractivity contribution in [2.75, 3.05) is 0 Å². The third kappa shape index (κ3) is 2.94. The van der Waals surface area contributed by atoms with E-state index in [2.05, 4.69) is 6.92 Å². The molecule has 2 atom stereocenters. The predicted octanol–water partition coefficient (Wildman–Crippen LogP) is 2.30. The van der Waals surface area contributed by atoms with Gasteiger partial charge in [0.15, 0.2) is 0 Å². The van der Waals surface area contributed by atoms with Crippen molar-refractivity contribution < 1.29 is 8.78 Å². The van der Waals surface area contributed by atoms with Crippen molar-refractivity contribution in [2.45, 2.75) is 32.1 Å². The number of rotatable bonds is 3. The summed E-state index contributed by atoms with van der Waals surface area (Å²) in [5, 5.41) is 0. The van der Waals surface area contributed by atoms with Gasteiger partial charge in [0, 0.05) is 0 Å². The first-order valence-electron chi connectivity index (χ1n) is 2.79. The van der Waals surface area contributed by atoms with E-state index in [9.17, 15) is 8.78 Å². The lowest BCUT2D eigenvalue weighted by Gasteiger charge is -2.05. The SMILES string of the molecule is [CH2]C(F)C(F)CCC. The van der Waals surface area contributed by atoms with Gasteiger partial charge in [0.25, 0.3) is 0 Å². The van der Waals surface area contributed by atoms with E-state index in [1.165, 1.54) is 0 Å². The summed E-state index contributed by atoms with van der Waals surface area (Å²) in [6.07, 6.45) is -1.95. The second kappa shape index (κ2) is 3.81. The molecular formula is C6H11F2. The molecule has 49 valence electrons. The first-order valence-corrected chi connectivity index (χ1v) is 2.79. The smallest absolute Gasteiger partial charge is 0.131 e. The van der Waals surface area contributed by atoms with Crippen LogP contribution in [0, 0.1) is 6.92 Å². The fourth-order valence-electron chi connectivity index (χ4n) is 0.457.